The van der Waals surface area contributed by atoms with Crippen molar-refractivity contribution in [1.82, 2.24) is 5.32 Å². The summed E-state index contributed by atoms with van der Waals surface area (Å²) in [6.07, 6.45) is 2.18. The molecule has 0 saturated heterocycles. The second-order valence-electron chi connectivity index (χ2n) is 4.03. The monoisotopic (exact) mass is 251 g/mol. The number of nitrogens with one attached hydrogen (secondary N) is 1. The third-order valence-corrected chi connectivity index (χ3v) is 2.68. The van der Waals surface area contributed by atoms with Crippen molar-refractivity contribution in [3.63, 3.8) is 0 Å². The molecule has 1 aromatic carbocycles. The number of rotatable bonds is 7. The van der Waals surface area contributed by atoms with E-state index in [0.29, 0.717) is 13.0 Å². The number of hydrogen-bond donors (Lipinski definition) is 1. The van der Waals surface area contributed by atoms with Crippen LogP contribution in [0.15, 0.2) is 18.2 Å². The molecule has 0 bridgehead atoms. The van der Waals surface area contributed by atoms with Crippen LogP contribution in [0.25, 0.3) is 0 Å². The van der Waals surface area contributed by atoms with Gasteiger partial charge in [-0.05, 0) is 36.6 Å². The lowest BCUT2D eigenvalue weighted by molar-refractivity contribution is -0.121. The van der Waals surface area contributed by atoms with Gasteiger partial charge in [-0.1, -0.05) is 6.92 Å². The SMILES string of the molecule is CCCC(=O)NCCc1cc(OC)ccc1OC. The van der Waals surface area contributed by atoms with Crippen LogP contribution in [0.4, 0.5) is 0 Å². The minimum atomic E-state index is 0.0966. The number of methoxy groups -OCH3 is 2. The molecule has 1 N–H and O–H groups in total. The first-order chi connectivity index (χ1) is 8.71. The molecule has 1 rings (SSSR count). The van der Waals surface area contributed by atoms with Gasteiger partial charge >= 0.3 is 0 Å². The fourth-order valence-corrected chi connectivity index (χ4v) is 1.73. The van der Waals surface area contributed by atoms with Gasteiger partial charge < -0.3 is 14.8 Å². The number of carbonyl (C=O) groups excluding carboxylic acids is 1. The largest absolute Gasteiger partial charge is 0.497 e. The highest BCUT2D eigenvalue weighted by molar-refractivity contribution is 5.75. The summed E-state index contributed by atoms with van der Waals surface area (Å²) in [6.45, 7) is 2.60. The van der Waals surface area contributed by atoms with Gasteiger partial charge in [0.1, 0.15) is 11.5 Å². The molecular formula is C14H21NO3. The molecule has 18 heavy (non-hydrogen) atoms. The molecule has 1 aromatic rings. The molecule has 0 saturated carbocycles. The number of ether oxygens (including phenoxy) is 2. The molecule has 1 amide bonds. The number of carbonyl (C=O) groups is 1. The van der Waals surface area contributed by atoms with Crippen LogP contribution in [0.3, 0.4) is 0 Å². The number of hydrogen-bond acceptors (Lipinski definition) is 3. The van der Waals surface area contributed by atoms with Gasteiger partial charge in [0.2, 0.25) is 5.91 Å². The van der Waals surface area contributed by atoms with Crippen molar-refractivity contribution < 1.29 is 14.3 Å². The van der Waals surface area contributed by atoms with Crippen molar-refractivity contribution in [1.29, 1.82) is 0 Å². The summed E-state index contributed by atoms with van der Waals surface area (Å²) in [4.78, 5) is 11.3. The maximum absolute atomic E-state index is 11.3. The zero-order valence-electron chi connectivity index (χ0n) is 11.3. The first kappa shape index (κ1) is 14.4. The predicted molar refractivity (Wildman–Crippen MR) is 71.2 cm³/mol. The summed E-state index contributed by atoms with van der Waals surface area (Å²) in [7, 11) is 3.27. The minimum Gasteiger partial charge on any atom is -0.497 e. The van der Waals surface area contributed by atoms with Gasteiger partial charge in [-0.2, -0.15) is 0 Å². The van der Waals surface area contributed by atoms with Crippen LogP contribution in [0.5, 0.6) is 11.5 Å². The number of benzene rings is 1. The van der Waals surface area contributed by atoms with Gasteiger partial charge in [0.25, 0.3) is 0 Å². The lowest BCUT2D eigenvalue weighted by Crippen LogP contribution is -2.25. The van der Waals surface area contributed by atoms with Gasteiger partial charge in [0.15, 0.2) is 0 Å². The zero-order chi connectivity index (χ0) is 13.4. The molecule has 100 valence electrons. The topological polar surface area (TPSA) is 47.6 Å². The first-order valence-electron chi connectivity index (χ1n) is 6.18. The molecule has 4 nitrogen and oxygen atoms in total. The van der Waals surface area contributed by atoms with Gasteiger partial charge in [-0.3, -0.25) is 4.79 Å². The van der Waals surface area contributed by atoms with Crippen LogP contribution in [0, 0.1) is 0 Å². The molecular weight excluding hydrogens is 230 g/mol. The molecule has 0 fully saturated rings. The van der Waals surface area contributed by atoms with E-state index in [1.807, 2.05) is 25.1 Å². The normalized spacial score (nSPS) is 9.94. The van der Waals surface area contributed by atoms with E-state index in [2.05, 4.69) is 5.32 Å². The average Bonchev–Trinajstić information content (AvgIpc) is 2.39. The first-order valence-corrected chi connectivity index (χ1v) is 6.18. The van der Waals surface area contributed by atoms with Gasteiger partial charge in [0, 0.05) is 13.0 Å². The van der Waals surface area contributed by atoms with Crippen LogP contribution >= 0.6 is 0 Å². The Kier molecular flexibility index (Phi) is 6.05. The highest BCUT2D eigenvalue weighted by Crippen LogP contribution is 2.24. The third-order valence-electron chi connectivity index (χ3n) is 2.68. The zero-order valence-corrected chi connectivity index (χ0v) is 11.3. The van der Waals surface area contributed by atoms with E-state index >= 15 is 0 Å². The van der Waals surface area contributed by atoms with Crippen molar-refractivity contribution in [2.45, 2.75) is 26.2 Å². The Balaban J connectivity index is 2.57. The van der Waals surface area contributed by atoms with E-state index in [9.17, 15) is 4.79 Å². The van der Waals surface area contributed by atoms with Crippen molar-refractivity contribution in [3.8, 4) is 11.5 Å². The molecule has 0 atom stereocenters. The molecule has 0 heterocycles. The maximum atomic E-state index is 11.3. The van der Waals surface area contributed by atoms with Crippen LogP contribution in [0.2, 0.25) is 0 Å². The van der Waals surface area contributed by atoms with E-state index in [0.717, 1.165) is 29.9 Å². The Morgan fingerprint density at radius 1 is 1.28 bits per heavy atom. The summed E-state index contributed by atoms with van der Waals surface area (Å²) in [5.41, 5.74) is 1.04. The van der Waals surface area contributed by atoms with Crippen LogP contribution in [-0.2, 0) is 11.2 Å². The summed E-state index contributed by atoms with van der Waals surface area (Å²) < 4.78 is 10.5. The molecule has 0 unspecified atom stereocenters. The molecule has 0 aliphatic heterocycles. The predicted octanol–water partition coefficient (Wildman–Crippen LogP) is 2.16. The van der Waals surface area contributed by atoms with Crippen LogP contribution in [0.1, 0.15) is 25.3 Å². The van der Waals surface area contributed by atoms with Crippen molar-refractivity contribution >= 4 is 5.91 Å². The fourth-order valence-electron chi connectivity index (χ4n) is 1.73. The maximum Gasteiger partial charge on any atom is 0.219 e. The Bertz CT molecular complexity index is 391. The Hall–Kier alpha value is -1.71. The van der Waals surface area contributed by atoms with E-state index < -0.39 is 0 Å². The Morgan fingerprint density at radius 2 is 2.06 bits per heavy atom. The Morgan fingerprint density at radius 3 is 2.67 bits per heavy atom. The fraction of sp³-hybridized carbons (Fsp3) is 0.500. The van der Waals surface area contributed by atoms with Crippen LogP contribution < -0.4 is 14.8 Å². The lowest BCUT2D eigenvalue weighted by Gasteiger charge is -2.11. The summed E-state index contributed by atoms with van der Waals surface area (Å²) in [6, 6.07) is 5.67. The molecule has 0 aliphatic carbocycles. The van der Waals surface area contributed by atoms with Crippen molar-refractivity contribution in [3.05, 3.63) is 23.8 Å². The summed E-state index contributed by atoms with van der Waals surface area (Å²) in [5.74, 6) is 1.71. The van der Waals surface area contributed by atoms with Gasteiger partial charge in [-0.15, -0.1) is 0 Å². The summed E-state index contributed by atoms with van der Waals surface area (Å²) >= 11 is 0. The van der Waals surface area contributed by atoms with Crippen LogP contribution in [-0.4, -0.2) is 26.7 Å². The quantitative estimate of drug-likeness (QED) is 0.808. The number of amides is 1. The average molecular weight is 251 g/mol. The molecule has 4 heteroatoms. The summed E-state index contributed by atoms with van der Waals surface area (Å²) in [5, 5.41) is 2.89. The lowest BCUT2D eigenvalue weighted by atomic mass is 10.1. The second kappa shape index (κ2) is 7.58. The minimum absolute atomic E-state index is 0.0966. The second-order valence-corrected chi connectivity index (χ2v) is 4.03. The van der Waals surface area contributed by atoms with Crippen molar-refractivity contribution in [2.24, 2.45) is 0 Å². The van der Waals surface area contributed by atoms with Gasteiger partial charge in [0.05, 0.1) is 14.2 Å². The standard InChI is InChI=1S/C14H21NO3/c1-4-5-14(16)15-9-8-11-10-12(17-2)6-7-13(11)18-3/h6-7,10H,4-5,8-9H2,1-3H3,(H,15,16). The highest BCUT2D eigenvalue weighted by Gasteiger charge is 2.05. The third kappa shape index (κ3) is 4.28. The van der Waals surface area contributed by atoms with E-state index in [1.54, 1.807) is 14.2 Å². The van der Waals surface area contributed by atoms with E-state index in [-0.39, 0.29) is 5.91 Å². The van der Waals surface area contributed by atoms with Gasteiger partial charge in [-0.25, -0.2) is 0 Å². The Labute approximate surface area is 108 Å². The smallest absolute Gasteiger partial charge is 0.219 e. The molecule has 0 spiro atoms. The van der Waals surface area contributed by atoms with E-state index in [1.165, 1.54) is 0 Å². The molecule has 0 aromatic heterocycles. The van der Waals surface area contributed by atoms with Crippen molar-refractivity contribution in [2.75, 3.05) is 20.8 Å². The van der Waals surface area contributed by atoms with E-state index in [4.69, 9.17) is 9.47 Å². The molecule has 0 aliphatic rings. The highest BCUT2D eigenvalue weighted by atomic mass is 16.5. The molecule has 0 radical (unpaired) electrons.